The predicted octanol–water partition coefficient (Wildman–Crippen LogP) is 1.39. The first kappa shape index (κ1) is 13.7. The van der Waals surface area contributed by atoms with Crippen molar-refractivity contribution in [2.45, 2.75) is 38.6 Å². The van der Waals surface area contributed by atoms with E-state index in [9.17, 15) is 0 Å². The van der Waals surface area contributed by atoms with Crippen LogP contribution in [0.3, 0.4) is 0 Å². The molecule has 1 atom stereocenters. The van der Waals surface area contributed by atoms with Crippen molar-refractivity contribution in [3.63, 3.8) is 0 Å². The molecule has 18 heavy (non-hydrogen) atoms. The first-order valence-corrected chi connectivity index (χ1v) is 7.36. The molecule has 2 aliphatic rings. The maximum Gasteiger partial charge on any atom is 0.193 e. The molecule has 0 saturated carbocycles. The number of likely N-dealkylation sites (tertiary alicyclic amines) is 2. The smallest absolute Gasteiger partial charge is 0.193 e. The summed E-state index contributed by atoms with van der Waals surface area (Å²) < 4.78 is 0. The van der Waals surface area contributed by atoms with E-state index < -0.39 is 0 Å². The molecule has 2 aliphatic heterocycles. The number of hydrogen-bond donors (Lipinski definition) is 1. The minimum atomic E-state index is 0.686. The molecule has 4 heteroatoms. The highest BCUT2D eigenvalue weighted by atomic mass is 15.3. The van der Waals surface area contributed by atoms with Crippen molar-refractivity contribution >= 4 is 5.96 Å². The number of aliphatic imine (C=N–C) groups is 1. The molecular weight excluding hydrogens is 224 g/mol. The van der Waals surface area contributed by atoms with Gasteiger partial charge in [0, 0.05) is 32.7 Å². The second-order valence-corrected chi connectivity index (χ2v) is 5.87. The lowest BCUT2D eigenvalue weighted by Crippen LogP contribution is -2.48. The molecule has 1 unspecified atom stereocenters. The molecule has 2 heterocycles. The van der Waals surface area contributed by atoms with Crippen molar-refractivity contribution < 1.29 is 0 Å². The van der Waals surface area contributed by atoms with Crippen molar-refractivity contribution in [3.8, 4) is 0 Å². The van der Waals surface area contributed by atoms with Gasteiger partial charge in [0.25, 0.3) is 0 Å². The predicted molar refractivity (Wildman–Crippen MR) is 77.0 cm³/mol. The Morgan fingerprint density at radius 3 is 2.50 bits per heavy atom. The third-order valence-corrected chi connectivity index (χ3v) is 4.46. The Balaban J connectivity index is 1.79. The number of nitrogens with one attached hydrogen (secondary N) is 1. The zero-order chi connectivity index (χ0) is 13.0. The Hall–Kier alpha value is -0.770. The minimum Gasteiger partial charge on any atom is -0.355 e. The average molecular weight is 252 g/mol. The van der Waals surface area contributed by atoms with Crippen LogP contribution in [0, 0.1) is 5.92 Å². The molecule has 2 fully saturated rings. The van der Waals surface area contributed by atoms with Gasteiger partial charge in [0.15, 0.2) is 5.96 Å². The number of hydrogen-bond acceptors (Lipinski definition) is 2. The summed E-state index contributed by atoms with van der Waals surface area (Å²) in [5.74, 6) is 1.97. The molecule has 4 nitrogen and oxygen atoms in total. The van der Waals surface area contributed by atoms with Gasteiger partial charge in [0.1, 0.15) is 0 Å². The summed E-state index contributed by atoms with van der Waals surface area (Å²) in [5, 5.41) is 3.56. The quantitative estimate of drug-likeness (QED) is 0.595. The van der Waals surface area contributed by atoms with Crippen molar-refractivity contribution in [1.29, 1.82) is 0 Å². The van der Waals surface area contributed by atoms with Gasteiger partial charge in [0.05, 0.1) is 0 Å². The maximum atomic E-state index is 4.44. The average Bonchev–Trinajstić information content (AvgIpc) is 2.78. The van der Waals surface area contributed by atoms with Crippen LogP contribution in [-0.2, 0) is 0 Å². The van der Waals surface area contributed by atoms with Gasteiger partial charge in [-0.3, -0.25) is 4.99 Å². The SMILES string of the molecule is CN=C(NCC1CCCN1C)N1CCC(C)CC1. The summed E-state index contributed by atoms with van der Waals surface area (Å²) in [5.41, 5.74) is 0. The molecule has 0 spiro atoms. The van der Waals surface area contributed by atoms with Crippen molar-refractivity contribution in [1.82, 2.24) is 15.1 Å². The number of rotatable bonds is 2. The number of guanidine groups is 1. The monoisotopic (exact) mass is 252 g/mol. The zero-order valence-corrected chi connectivity index (χ0v) is 12.2. The molecule has 0 aromatic rings. The molecule has 2 rings (SSSR count). The van der Waals surface area contributed by atoms with Crippen LogP contribution in [0.2, 0.25) is 0 Å². The van der Waals surface area contributed by atoms with Gasteiger partial charge in [-0.2, -0.15) is 0 Å². The highest BCUT2D eigenvalue weighted by Crippen LogP contribution is 2.16. The van der Waals surface area contributed by atoms with E-state index in [4.69, 9.17) is 0 Å². The Kier molecular flexibility index (Phi) is 4.87. The maximum absolute atomic E-state index is 4.44. The second-order valence-electron chi connectivity index (χ2n) is 5.87. The van der Waals surface area contributed by atoms with Crippen LogP contribution < -0.4 is 5.32 Å². The summed E-state index contributed by atoms with van der Waals surface area (Å²) in [4.78, 5) is 9.30. The minimum absolute atomic E-state index is 0.686. The summed E-state index contributed by atoms with van der Waals surface area (Å²) in [6, 6.07) is 0.686. The van der Waals surface area contributed by atoms with E-state index in [0.29, 0.717) is 6.04 Å². The van der Waals surface area contributed by atoms with Crippen LogP contribution in [0.5, 0.6) is 0 Å². The molecule has 0 aromatic heterocycles. The van der Waals surface area contributed by atoms with E-state index in [1.807, 2.05) is 7.05 Å². The number of likely N-dealkylation sites (N-methyl/N-ethyl adjacent to an activating group) is 1. The molecule has 0 radical (unpaired) electrons. The third-order valence-electron chi connectivity index (χ3n) is 4.46. The van der Waals surface area contributed by atoms with E-state index in [1.54, 1.807) is 0 Å². The molecule has 104 valence electrons. The van der Waals surface area contributed by atoms with E-state index in [-0.39, 0.29) is 0 Å². The van der Waals surface area contributed by atoms with Crippen LogP contribution in [-0.4, -0.2) is 62.1 Å². The normalized spacial score (nSPS) is 27.8. The summed E-state index contributed by atoms with van der Waals surface area (Å²) >= 11 is 0. The first-order chi connectivity index (χ1) is 8.70. The summed E-state index contributed by atoms with van der Waals surface area (Å²) in [7, 11) is 4.13. The molecule has 2 saturated heterocycles. The zero-order valence-electron chi connectivity index (χ0n) is 12.2. The molecule has 0 aromatic carbocycles. The van der Waals surface area contributed by atoms with Crippen LogP contribution in [0.15, 0.2) is 4.99 Å². The standard InChI is InChI=1S/C14H28N4/c1-12-6-9-18(10-7-12)14(15-2)16-11-13-5-4-8-17(13)3/h12-13H,4-11H2,1-3H3,(H,15,16). The first-order valence-electron chi connectivity index (χ1n) is 7.36. The topological polar surface area (TPSA) is 30.9 Å². The van der Waals surface area contributed by atoms with Gasteiger partial charge in [-0.1, -0.05) is 6.92 Å². The van der Waals surface area contributed by atoms with Gasteiger partial charge >= 0.3 is 0 Å². The van der Waals surface area contributed by atoms with Crippen LogP contribution in [0.25, 0.3) is 0 Å². The van der Waals surface area contributed by atoms with E-state index in [1.165, 1.54) is 32.2 Å². The summed E-state index contributed by atoms with van der Waals surface area (Å²) in [6.45, 7) is 6.94. The fourth-order valence-corrected chi connectivity index (χ4v) is 3.00. The fraction of sp³-hybridized carbons (Fsp3) is 0.929. The number of nitrogens with zero attached hydrogens (tertiary/aromatic N) is 3. The Labute approximate surface area is 111 Å². The number of piperidine rings is 1. The van der Waals surface area contributed by atoms with Gasteiger partial charge in [-0.05, 0) is 45.2 Å². The highest BCUT2D eigenvalue weighted by molar-refractivity contribution is 5.80. The van der Waals surface area contributed by atoms with Gasteiger partial charge in [0.2, 0.25) is 0 Å². The molecule has 0 aliphatic carbocycles. The largest absolute Gasteiger partial charge is 0.355 e. The van der Waals surface area contributed by atoms with Gasteiger partial charge < -0.3 is 15.1 Å². The highest BCUT2D eigenvalue weighted by Gasteiger charge is 2.23. The van der Waals surface area contributed by atoms with Crippen LogP contribution >= 0.6 is 0 Å². The fourth-order valence-electron chi connectivity index (χ4n) is 3.00. The Bertz CT molecular complexity index is 282. The lowest BCUT2D eigenvalue weighted by molar-refractivity contribution is 0.266. The Morgan fingerprint density at radius 1 is 1.22 bits per heavy atom. The van der Waals surface area contributed by atoms with E-state index in [0.717, 1.165) is 31.5 Å². The summed E-state index contributed by atoms with van der Waals surface area (Å²) in [6.07, 6.45) is 5.24. The lowest BCUT2D eigenvalue weighted by Gasteiger charge is -2.33. The Morgan fingerprint density at radius 2 is 1.94 bits per heavy atom. The molecule has 0 bridgehead atoms. The lowest BCUT2D eigenvalue weighted by atomic mass is 9.99. The van der Waals surface area contributed by atoms with Crippen LogP contribution in [0.4, 0.5) is 0 Å². The van der Waals surface area contributed by atoms with Crippen molar-refractivity contribution in [2.75, 3.05) is 40.3 Å². The van der Waals surface area contributed by atoms with Crippen molar-refractivity contribution in [3.05, 3.63) is 0 Å². The van der Waals surface area contributed by atoms with Crippen molar-refractivity contribution in [2.24, 2.45) is 10.9 Å². The van der Waals surface area contributed by atoms with E-state index in [2.05, 4.69) is 34.1 Å². The second kappa shape index (κ2) is 6.41. The van der Waals surface area contributed by atoms with Gasteiger partial charge in [-0.15, -0.1) is 0 Å². The molecule has 1 N–H and O–H groups in total. The van der Waals surface area contributed by atoms with E-state index >= 15 is 0 Å². The molecule has 0 amide bonds. The molecular formula is C14H28N4. The van der Waals surface area contributed by atoms with Gasteiger partial charge in [-0.25, -0.2) is 0 Å². The third kappa shape index (κ3) is 3.37. The van der Waals surface area contributed by atoms with Crippen LogP contribution in [0.1, 0.15) is 32.6 Å².